The molecule has 0 amide bonds. The third-order valence-electron chi connectivity index (χ3n) is 3.16. The van der Waals surface area contributed by atoms with Gasteiger partial charge in [-0.2, -0.15) is 0 Å². The Morgan fingerprint density at radius 2 is 2.28 bits per heavy atom. The molecule has 2 rings (SSSR count). The quantitative estimate of drug-likeness (QED) is 0.858. The normalized spacial score (nSPS) is 20.9. The van der Waals surface area contributed by atoms with E-state index in [1.807, 2.05) is 25.1 Å². The molecule has 1 aromatic carbocycles. The largest absolute Gasteiger partial charge is 0.493 e. The second-order valence-electron chi connectivity index (χ2n) is 4.42. The molecule has 1 aliphatic heterocycles. The smallest absolute Gasteiger partial charge is 0.125 e. The van der Waals surface area contributed by atoms with Gasteiger partial charge < -0.3 is 15.2 Å². The second kappa shape index (κ2) is 6.73. The van der Waals surface area contributed by atoms with Crippen LogP contribution in [0, 0.1) is 0 Å². The van der Waals surface area contributed by atoms with Crippen LogP contribution in [0.1, 0.15) is 18.6 Å². The maximum atomic E-state index is 5.87. The fraction of sp³-hybridized carbons (Fsp3) is 0.571. The minimum absolute atomic E-state index is 0.0908. The highest BCUT2D eigenvalue weighted by atomic mass is 16.5. The van der Waals surface area contributed by atoms with E-state index < -0.39 is 0 Å². The SMILES string of the molecule is CCOc1ccccc1C1CN(CCN)CCO1. The van der Waals surface area contributed by atoms with Gasteiger partial charge in [0.2, 0.25) is 0 Å². The molecule has 0 radical (unpaired) electrons. The standard InChI is InChI=1S/C14H22N2O2/c1-2-17-13-6-4-3-5-12(13)14-11-16(8-7-15)9-10-18-14/h3-6,14H,2,7-11,15H2,1H3. The predicted octanol–water partition coefficient (Wildman–Crippen LogP) is 1.42. The first kappa shape index (κ1) is 13.3. The zero-order valence-electron chi connectivity index (χ0n) is 11.0. The first-order valence-electron chi connectivity index (χ1n) is 6.61. The summed E-state index contributed by atoms with van der Waals surface area (Å²) >= 11 is 0. The lowest BCUT2D eigenvalue weighted by Gasteiger charge is -2.33. The van der Waals surface area contributed by atoms with Gasteiger partial charge in [-0.1, -0.05) is 18.2 Å². The van der Waals surface area contributed by atoms with E-state index in [-0.39, 0.29) is 6.10 Å². The van der Waals surface area contributed by atoms with Crippen molar-refractivity contribution in [2.45, 2.75) is 13.0 Å². The van der Waals surface area contributed by atoms with E-state index in [2.05, 4.69) is 11.0 Å². The van der Waals surface area contributed by atoms with Gasteiger partial charge in [0, 0.05) is 31.7 Å². The van der Waals surface area contributed by atoms with E-state index in [1.165, 1.54) is 0 Å². The van der Waals surface area contributed by atoms with Gasteiger partial charge >= 0.3 is 0 Å². The summed E-state index contributed by atoms with van der Waals surface area (Å²) in [6.45, 7) is 6.91. The number of rotatable bonds is 5. The fourth-order valence-electron chi connectivity index (χ4n) is 2.31. The molecular formula is C14H22N2O2. The van der Waals surface area contributed by atoms with Crippen molar-refractivity contribution < 1.29 is 9.47 Å². The molecule has 1 aromatic rings. The van der Waals surface area contributed by atoms with E-state index in [4.69, 9.17) is 15.2 Å². The van der Waals surface area contributed by atoms with Crippen molar-refractivity contribution in [3.8, 4) is 5.75 Å². The van der Waals surface area contributed by atoms with Crippen LogP contribution in [0.4, 0.5) is 0 Å². The van der Waals surface area contributed by atoms with Crippen LogP contribution in [0.5, 0.6) is 5.75 Å². The lowest BCUT2D eigenvalue weighted by atomic mass is 10.1. The molecule has 18 heavy (non-hydrogen) atoms. The van der Waals surface area contributed by atoms with Crippen LogP contribution in [0.3, 0.4) is 0 Å². The fourth-order valence-corrected chi connectivity index (χ4v) is 2.31. The van der Waals surface area contributed by atoms with Crippen LogP contribution in [0.15, 0.2) is 24.3 Å². The van der Waals surface area contributed by atoms with E-state index in [1.54, 1.807) is 0 Å². The Hall–Kier alpha value is -1.10. The summed E-state index contributed by atoms with van der Waals surface area (Å²) in [6.07, 6.45) is 0.0908. The highest BCUT2D eigenvalue weighted by molar-refractivity contribution is 5.35. The van der Waals surface area contributed by atoms with Crippen LogP contribution in [-0.2, 0) is 4.74 Å². The summed E-state index contributed by atoms with van der Waals surface area (Å²) in [6, 6.07) is 8.11. The predicted molar refractivity (Wildman–Crippen MR) is 71.8 cm³/mol. The molecule has 1 unspecified atom stereocenters. The van der Waals surface area contributed by atoms with Crippen LogP contribution < -0.4 is 10.5 Å². The molecular weight excluding hydrogens is 228 g/mol. The summed E-state index contributed by atoms with van der Waals surface area (Å²) in [4.78, 5) is 2.34. The Balaban J connectivity index is 2.10. The zero-order valence-corrected chi connectivity index (χ0v) is 11.0. The molecule has 0 aromatic heterocycles. The van der Waals surface area contributed by atoms with Gasteiger partial charge in [-0.05, 0) is 13.0 Å². The number of nitrogens with two attached hydrogens (primary N) is 1. The maximum absolute atomic E-state index is 5.87. The lowest BCUT2D eigenvalue weighted by molar-refractivity contribution is -0.0299. The van der Waals surface area contributed by atoms with Crippen molar-refractivity contribution in [1.29, 1.82) is 0 Å². The van der Waals surface area contributed by atoms with Crippen molar-refractivity contribution in [2.75, 3.05) is 39.4 Å². The first-order valence-corrected chi connectivity index (χ1v) is 6.61. The van der Waals surface area contributed by atoms with Crippen LogP contribution in [0.25, 0.3) is 0 Å². The molecule has 1 heterocycles. The Morgan fingerprint density at radius 1 is 1.44 bits per heavy atom. The summed E-state index contributed by atoms with van der Waals surface area (Å²) in [5.74, 6) is 0.930. The van der Waals surface area contributed by atoms with E-state index in [0.717, 1.165) is 37.6 Å². The molecule has 100 valence electrons. The number of para-hydroxylation sites is 1. The highest BCUT2D eigenvalue weighted by Crippen LogP contribution is 2.29. The van der Waals surface area contributed by atoms with E-state index in [0.29, 0.717) is 13.2 Å². The van der Waals surface area contributed by atoms with Crippen molar-refractivity contribution in [3.05, 3.63) is 29.8 Å². The van der Waals surface area contributed by atoms with Gasteiger partial charge in [-0.15, -0.1) is 0 Å². The van der Waals surface area contributed by atoms with Crippen molar-refractivity contribution in [3.63, 3.8) is 0 Å². The number of hydrogen-bond acceptors (Lipinski definition) is 4. The van der Waals surface area contributed by atoms with Crippen molar-refractivity contribution >= 4 is 0 Å². The molecule has 1 fully saturated rings. The van der Waals surface area contributed by atoms with E-state index in [9.17, 15) is 0 Å². The van der Waals surface area contributed by atoms with Gasteiger partial charge in [-0.3, -0.25) is 4.90 Å². The third kappa shape index (κ3) is 3.22. The van der Waals surface area contributed by atoms with Crippen molar-refractivity contribution in [2.24, 2.45) is 5.73 Å². The molecule has 0 saturated carbocycles. The zero-order chi connectivity index (χ0) is 12.8. The van der Waals surface area contributed by atoms with Gasteiger partial charge in [0.15, 0.2) is 0 Å². The van der Waals surface area contributed by atoms with Crippen LogP contribution in [-0.4, -0.2) is 44.3 Å². The average Bonchev–Trinajstić information content (AvgIpc) is 2.40. The third-order valence-corrected chi connectivity index (χ3v) is 3.16. The monoisotopic (exact) mass is 250 g/mol. The molecule has 0 spiro atoms. The molecule has 1 atom stereocenters. The topological polar surface area (TPSA) is 47.7 Å². The Morgan fingerprint density at radius 3 is 3.06 bits per heavy atom. The summed E-state index contributed by atoms with van der Waals surface area (Å²) < 4.78 is 11.5. The second-order valence-corrected chi connectivity index (χ2v) is 4.42. The van der Waals surface area contributed by atoms with Crippen LogP contribution in [0.2, 0.25) is 0 Å². The Labute approximate surface area is 109 Å². The average molecular weight is 250 g/mol. The summed E-state index contributed by atoms with van der Waals surface area (Å²) in [7, 11) is 0. The first-order chi connectivity index (χ1) is 8.85. The molecule has 0 bridgehead atoms. The van der Waals surface area contributed by atoms with E-state index >= 15 is 0 Å². The summed E-state index contributed by atoms with van der Waals surface area (Å²) in [5, 5.41) is 0. The number of nitrogens with zero attached hydrogens (tertiary/aromatic N) is 1. The number of ether oxygens (including phenoxy) is 2. The number of morpholine rings is 1. The molecule has 0 aliphatic carbocycles. The minimum Gasteiger partial charge on any atom is -0.493 e. The number of hydrogen-bond donors (Lipinski definition) is 1. The Bertz CT molecular complexity index is 369. The molecule has 4 heteroatoms. The molecule has 2 N–H and O–H groups in total. The highest BCUT2D eigenvalue weighted by Gasteiger charge is 2.23. The summed E-state index contributed by atoms with van der Waals surface area (Å²) in [5.41, 5.74) is 6.75. The van der Waals surface area contributed by atoms with Gasteiger partial charge in [0.1, 0.15) is 5.75 Å². The number of benzene rings is 1. The van der Waals surface area contributed by atoms with Crippen molar-refractivity contribution in [1.82, 2.24) is 4.90 Å². The maximum Gasteiger partial charge on any atom is 0.125 e. The van der Waals surface area contributed by atoms with Gasteiger partial charge in [0.25, 0.3) is 0 Å². The van der Waals surface area contributed by atoms with Gasteiger partial charge in [0.05, 0.1) is 19.3 Å². The molecule has 1 aliphatic rings. The molecule has 4 nitrogen and oxygen atoms in total. The Kier molecular flexibility index (Phi) is 4.99. The van der Waals surface area contributed by atoms with Gasteiger partial charge in [-0.25, -0.2) is 0 Å². The van der Waals surface area contributed by atoms with Crippen LogP contribution >= 0.6 is 0 Å². The molecule has 1 saturated heterocycles. The lowest BCUT2D eigenvalue weighted by Crippen LogP contribution is -2.40. The minimum atomic E-state index is 0.0908.